The lowest BCUT2D eigenvalue weighted by Gasteiger charge is -2.12. The van der Waals surface area contributed by atoms with E-state index in [1.165, 1.54) is 19.3 Å². The number of unbranched alkanes of at least 4 members (excludes halogenated alkanes) is 3. The van der Waals surface area contributed by atoms with E-state index >= 15 is 0 Å². The Labute approximate surface area is 205 Å². The van der Waals surface area contributed by atoms with Crippen molar-refractivity contribution in [2.24, 2.45) is 0 Å². The normalized spacial score (nSPS) is 11.5. The number of urea groups is 1. The number of benzene rings is 2. The highest BCUT2D eigenvalue weighted by Crippen LogP contribution is 2.25. The highest BCUT2D eigenvalue weighted by molar-refractivity contribution is 5.99. The molecule has 0 aliphatic heterocycles. The number of anilines is 2. The van der Waals surface area contributed by atoms with E-state index in [4.69, 9.17) is 9.26 Å². The minimum Gasteiger partial charge on any atom is -0.494 e. The largest absolute Gasteiger partial charge is 0.494 e. The van der Waals surface area contributed by atoms with Crippen LogP contribution in [0, 0.1) is 0 Å². The van der Waals surface area contributed by atoms with E-state index < -0.39 is 0 Å². The molecule has 0 aliphatic rings. The van der Waals surface area contributed by atoms with Gasteiger partial charge in [0.15, 0.2) is 5.82 Å². The average Bonchev–Trinajstić information content (AvgIpc) is 3.46. The van der Waals surface area contributed by atoms with Crippen LogP contribution in [0.3, 0.4) is 0 Å². The number of amides is 2. The van der Waals surface area contributed by atoms with E-state index in [0.717, 1.165) is 35.5 Å². The quantitative estimate of drug-likeness (QED) is 0.256. The smallest absolute Gasteiger partial charge is 0.324 e. The number of carbonyl (C=O) groups excluding carboxylic acids is 1. The number of hydrogen-bond donors (Lipinski definition) is 2. The van der Waals surface area contributed by atoms with Crippen molar-refractivity contribution in [1.29, 1.82) is 0 Å². The first-order chi connectivity index (χ1) is 16.8. The lowest BCUT2D eigenvalue weighted by Crippen LogP contribution is -2.19. The summed E-state index contributed by atoms with van der Waals surface area (Å²) >= 11 is 0. The summed E-state index contributed by atoms with van der Waals surface area (Å²) in [6, 6.07) is 14.9. The second kappa shape index (κ2) is 10.6. The second-order valence-electron chi connectivity index (χ2n) is 9.63. The topological polar surface area (TPSA) is 94.2 Å². The molecule has 0 fully saturated rings. The third-order valence-corrected chi connectivity index (χ3v) is 5.68. The fourth-order valence-electron chi connectivity index (χ4n) is 3.68. The number of nitrogens with one attached hydrogen (secondary N) is 2. The molecule has 0 bridgehead atoms. The molecule has 0 saturated heterocycles. The Balaban J connectivity index is 1.37. The number of hydrogen-bond acceptors (Lipinski definition) is 5. The van der Waals surface area contributed by atoms with Crippen molar-refractivity contribution in [3.05, 3.63) is 60.6 Å². The van der Waals surface area contributed by atoms with Gasteiger partial charge in [-0.05, 0) is 42.8 Å². The number of carbonyl (C=O) groups is 1. The number of imidazole rings is 1. The van der Waals surface area contributed by atoms with Gasteiger partial charge in [-0.15, -0.1) is 0 Å². The van der Waals surface area contributed by atoms with E-state index in [9.17, 15) is 4.79 Å². The average molecular weight is 476 g/mol. The Morgan fingerprint density at radius 2 is 1.83 bits per heavy atom. The molecule has 8 nitrogen and oxygen atoms in total. The summed E-state index contributed by atoms with van der Waals surface area (Å²) in [5.41, 5.74) is 3.29. The fourth-order valence-corrected chi connectivity index (χ4v) is 3.68. The molecule has 0 atom stereocenters. The standard InChI is InChI=1S/C27H33N5O3/c1-5-6-7-8-15-34-21-13-14-23-22(16-21)28-18-32(23)20-11-9-19(10-12-20)29-26(33)30-25-17-24(35-31-25)27(2,3)4/h9-14,16-18H,5-8,15H2,1-4H3,(H2,29,30,31,33). The molecule has 0 spiro atoms. The first-order valence-electron chi connectivity index (χ1n) is 12.1. The minimum absolute atomic E-state index is 0.181. The predicted octanol–water partition coefficient (Wildman–Crippen LogP) is 6.91. The highest BCUT2D eigenvalue weighted by atomic mass is 16.5. The lowest BCUT2D eigenvalue weighted by atomic mass is 9.93. The summed E-state index contributed by atoms with van der Waals surface area (Å²) in [6.45, 7) is 8.98. The monoisotopic (exact) mass is 475 g/mol. The fraction of sp³-hybridized carbons (Fsp3) is 0.370. The van der Waals surface area contributed by atoms with Crippen molar-refractivity contribution in [3.63, 3.8) is 0 Å². The van der Waals surface area contributed by atoms with Crippen molar-refractivity contribution in [2.45, 2.75) is 58.8 Å². The number of nitrogens with zero attached hydrogens (tertiary/aromatic N) is 3. The molecule has 2 heterocycles. The number of ether oxygens (including phenoxy) is 1. The zero-order chi connectivity index (χ0) is 24.8. The van der Waals surface area contributed by atoms with Crippen LogP contribution in [0.2, 0.25) is 0 Å². The van der Waals surface area contributed by atoms with Gasteiger partial charge >= 0.3 is 6.03 Å². The van der Waals surface area contributed by atoms with Crippen LogP contribution < -0.4 is 15.4 Å². The van der Waals surface area contributed by atoms with E-state index in [1.807, 2.05) is 67.8 Å². The molecule has 35 heavy (non-hydrogen) atoms. The second-order valence-corrected chi connectivity index (χ2v) is 9.63. The van der Waals surface area contributed by atoms with E-state index in [-0.39, 0.29) is 11.4 Å². The van der Waals surface area contributed by atoms with Gasteiger partial charge in [0.25, 0.3) is 0 Å². The number of fused-ring (bicyclic) bond motifs is 1. The molecule has 4 aromatic rings. The van der Waals surface area contributed by atoms with Crippen LogP contribution in [-0.4, -0.2) is 27.3 Å². The predicted molar refractivity (Wildman–Crippen MR) is 139 cm³/mol. The Morgan fingerprint density at radius 1 is 1.03 bits per heavy atom. The van der Waals surface area contributed by atoms with Gasteiger partial charge < -0.3 is 14.6 Å². The Hall–Kier alpha value is -3.81. The summed E-state index contributed by atoms with van der Waals surface area (Å²) in [6.07, 6.45) is 6.51. The van der Waals surface area contributed by atoms with Crippen LogP contribution in [-0.2, 0) is 5.41 Å². The Morgan fingerprint density at radius 3 is 2.54 bits per heavy atom. The lowest BCUT2D eigenvalue weighted by molar-refractivity contribution is 0.262. The summed E-state index contributed by atoms with van der Waals surface area (Å²) in [5, 5.41) is 9.42. The SMILES string of the molecule is CCCCCCOc1ccc2c(c1)ncn2-c1ccc(NC(=O)Nc2cc(C(C)(C)C)on2)cc1. The summed E-state index contributed by atoms with van der Waals surface area (Å²) < 4.78 is 13.2. The molecule has 8 heteroatoms. The van der Waals surface area contributed by atoms with Gasteiger partial charge in [-0.25, -0.2) is 9.78 Å². The Kier molecular flexibility index (Phi) is 7.39. The van der Waals surface area contributed by atoms with Gasteiger partial charge in [0.1, 0.15) is 17.8 Å². The van der Waals surface area contributed by atoms with Gasteiger partial charge in [0.05, 0.1) is 17.6 Å². The van der Waals surface area contributed by atoms with Gasteiger partial charge in [0.2, 0.25) is 0 Å². The zero-order valence-corrected chi connectivity index (χ0v) is 20.8. The van der Waals surface area contributed by atoms with E-state index in [2.05, 4.69) is 27.7 Å². The van der Waals surface area contributed by atoms with Crippen LogP contribution in [0.1, 0.15) is 59.1 Å². The molecular weight excluding hydrogens is 442 g/mol. The molecule has 4 rings (SSSR count). The van der Waals surface area contributed by atoms with Gasteiger partial charge in [-0.2, -0.15) is 0 Å². The number of aromatic nitrogens is 3. The van der Waals surface area contributed by atoms with Crippen molar-refractivity contribution in [2.75, 3.05) is 17.2 Å². The van der Waals surface area contributed by atoms with Crippen molar-refractivity contribution in [3.8, 4) is 11.4 Å². The van der Waals surface area contributed by atoms with Crippen LogP contribution in [0.25, 0.3) is 16.7 Å². The third-order valence-electron chi connectivity index (χ3n) is 5.68. The molecular formula is C27H33N5O3. The van der Waals surface area contributed by atoms with Crippen molar-refractivity contribution < 1.29 is 14.1 Å². The maximum Gasteiger partial charge on any atom is 0.324 e. The van der Waals surface area contributed by atoms with Crippen LogP contribution in [0.5, 0.6) is 5.75 Å². The maximum atomic E-state index is 12.4. The van der Waals surface area contributed by atoms with Gasteiger partial charge in [0, 0.05) is 28.9 Å². The Bertz CT molecular complexity index is 1270. The first kappa shape index (κ1) is 24.3. The third kappa shape index (κ3) is 6.20. The molecule has 2 aromatic heterocycles. The molecule has 0 unspecified atom stereocenters. The van der Waals surface area contributed by atoms with E-state index in [1.54, 1.807) is 12.4 Å². The molecule has 0 saturated carbocycles. The molecule has 2 amide bonds. The molecule has 2 N–H and O–H groups in total. The molecule has 0 aliphatic carbocycles. The summed E-state index contributed by atoms with van der Waals surface area (Å²) in [5.74, 6) is 1.92. The van der Waals surface area contributed by atoms with E-state index in [0.29, 0.717) is 17.3 Å². The summed E-state index contributed by atoms with van der Waals surface area (Å²) in [7, 11) is 0. The first-order valence-corrected chi connectivity index (χ1v) is 12.1. The highest BCUT2D eigenvalue weighted by Gasteiger charge is 2.20. The number of rotatable bonds is 9. The maximum absolute atomic E-state index is 12.4. The van der Waals surface area contributed by atoms with Gasteiger partial charge in [-0.3, -0.25) is 9.88 Å². The van der Waals surface area contributed by atoms with Crippen molar-refractivity contribution >= 4 is 28.6 Å². The van der Waals surface area contributed by atoms with Crippen molar-refractivity contribution in [1.82, 2.24) is 14.7 Å². The minimum atomic E-state index is -0.387. The summed E-state index contributed by atoms with van der Waals surface area (Å²) in [4.78, 5) is 16.9. The molecule has 0 radical (unpaired) electrons. The molecule has 184 valence electrons. The van der Waals surface area contributed by atoms with Crippen LogP contribution in [0.4, 0.5) is 16.3 Å². The van der Waals surface area contributed by atoms with Crippen LogP contribution >= 0.6 is 0 Å². The van der Waals surface area contributed by atoms with Crippen LogP contribution in [0.15, 0.2) is 59.4 Å². The van der Waals surface area contributed by atoms with Gasteiger partial charge in [-0.1, -0.05) is 52.1 Å². The molecule has 2 aromatic carbocycles. The zero-order valence-electron chi connectivity index (χ0n) is 20.8.